The highest BCUT2D eigenvalue weighted by atomic mass is 32.2. The summed E-state index contributed by atoms with van der Waals surface area (Å²) in [5, 5.41) is 0. The third kappa shape index (κ3) is 2.58. The van der Waals surface area contributed by atoms with Crippen molar-refractivity contribution < 1.29 is 8.42 Å². The topological polar surface area (TPSA) is 88.8 Å². The molecule has 6 heteroatoms. The number of rotatable bonds is 2. The number of sulfone groups is 1. The van der Waals surface area contributed by atoms with Gasteiger partial charge in [0.05, 0.1) is 6.20 Å². The maximum Gasteiger partial charge on any atom is 0.154 e. The van der Waals surface area contributed by atoms with Gasteiger partial charge in [0, 0.05) is 6.26 Å². The number of imidazole rings is 1. The van der Waals surface area contributed by atoms with E-state index in [-0.39, 0.29) is 5.75 Å². The maximum atomic E-state index is 10.7. The van der Waals surface area contributed by atoms with E-state index in [0.717, 1.165) is 6.26 Å². The Kier molecular flexibility index (Phi) is 1.86. The summed E-state index contributed by atoms with van der Waals surface area (Å²) in [5.41, 5.74) is 5.28. The number of aromatic amines is 1. The van der Waals surface area contributed by atoms with E-state index >= 15 is 0 Å². The second kappa shape index (κ2) is 2.54. The molecule has 0 aliphatic rings. The third-order valence-corrected chi connectivity index (χ3v) is 1.84. The summed E-state index contributed by atoms with van der Waals surface area (Å²) in [6.45, 7) is 0. The Labute approximate surface area is 64.6 Å². The molecule has 0 bridgehead atoms. The van der Waals surface area contributed by atoms with E-state index in [4.69, 9.17) is 5.73 Å². The standard InChI is InChI=1S/C5H9N3O2S/c1-11(9,10)3-5-7-2-4(6)8-5/h2H,3,6H2,1H3,(H,7,8). The summed E-state index contributed by atoms with van der Waals surface area (Å²) in [6, 6.07) is 0. The summed E-state index contributed by atoms with van der Waals surface area (Å²) in [7, 11) is -3.01. The number of aromatic nitrogens is 2. The quantitative estimate of drug-likeness (QED) is 0.636. The molecule has 0 aliphatic carbocycles. The van der Waals surface area contributed by atoms with E-state index in [9.17, 15) is 8.42 Å². The van der Waals surface area contributed by atoms with Crippen LogP contribution in [0.25, 0.3) is 0 Å². The summed E-state index contributed by atoms with van der Waals surface area (Å²) in [6.07, 6.45) is 2.53. The van der Waals surface area contributed by atoms with Crippen LogP contribution in [-0.2, 0) is 15.6 Å². The zero-order valence-electron chi connectivity index (χ0n) is 6.03. The van der Waals surface area contributed by atoms with Crippen LogP contribution in [0.5, 0.6) is 0 Å². The fourth-order valence-electron chi connectivity index (χ4n) is 0.700. The molecule has 0 unspecified atom stereocenters. The first kappa shape index (κ1) is 8.06. The van der Waals surface area contributed by atoms with Crippen molar-refractivity contribution in [1.29, 1.82) is 0 Å². The SMILES string of the molecule is CS(=O)(=O)Cc1ncc(N)[nH]1. The lowest BCUT2D eigenvalue weighted by Gasteiger charge is -1.91. The number of nitrogens with one attached hydrogen (secondary N) is 1. The molecular formula is C5H9N3O2S. The van der Waals surface area contributed by atoms with Crippen LogP contribution in [-0.4, -0.2) is 24.6 Å². The number of hydrogen-bond donors (Lipinski definition) is 2. The zero-order valence-corrected chi connectivity index (χ0v) is 6.85. The predicted molar refractivity (Wildman–Crippen MR) is 41.5 cm³/mol. The van der Waals surface area contributed by atoms with Crippen molar-refractivity contribution in [3.63, 3.8) is 0 Å². The van der Waals surface area contributed by atoms with Gasteiger partial charge < -0.3 is 10.7 Å². The van der Waals surface area contributed by atoms with Gasteiger partial charge in [-0.05, 0) is 0 Å². The molecule has 0 amide bonds. The van der Waals surface area contributed by atoms with E-state index in [1.54, 1.807) is 0 Å². The summed E-state index contributed by atoms with van der Waals surface area (Å²) in [4.78, 5) is 6.36. The van der Waals surface area contributed by atoms with Gasteiger partial charge >= 0.3 is 0 Å². The number of nitrogen functional groups attached to an aromatic ring is 1. The monoisotopic (exact) mass is 175 g/mol. The van der Waals surface area contributed by atoms with Crippen LogP contribution in [0.4, 0.5) is 5.82 Å². The molecule has 5 nitrogen and oxygen atoms in total. The molecule has 0 radical (unpaired) electrons. The predicted octanol–water partition coefficient (Wildman–Crippen LogP) is -0.464. The average Bonchev–Trinajstić information content (AvgIpc) is 2.10. The molecule has 0 saturated carbocycles. The molecule has 11 heavy (non-hydrogen) atoms. The minimum Gasteiger partial charge on any atom is -0.384 e. The second-order valence-corrected chi connectivity index (χ2v) is 4.50. The molecule has 0 aromatic carbocycles. The molecule has 0 fully saturated rings. The lowest BCUT2D eigenvalue weighted by molar-refractivity contribution is 0.600. The first-order chi connectivity index (χ1) is 4.97. The number of H-pyrrole nitrogens is 1. The van der Waals surface area contributed by atoms with Crippen molar-refractivity contribution in [2.45, 2.75) is 5.75 Å². The van der Waals surface area contributed by atoms with Gasteiger partial charge in [0.15, 0.2) is 9.84 Å². The van der Waals surface area contributed by atoms with Crippen LogP contribution >= 0.6 is 0 Å². The Bertz CT molecular complexity index is 340. The van der Waals surface area contributed by atoms with Crippen LogP contribution in [0.1, 0.15) is 5.82 Å². The molecule has 0 atom stereocenters. The van der Waals surface area contributed by atoms with Crippen molar-refractivity contribution in [2.24, 2.45) is 0 Å². The van der Waals surface area contributed by atoms with Crippen LogP contribution < -0.4 is 5.73 Å². The first-order valence-electron chi connectivity index (χ1n) is 2.94. The first-order valence-corrected chi connectivity index (χ1v) is 5.00. The van der Waals surface area contributed by atoms with Gasteiger partial charge in [0.2, 0.25) is 0 Å². The van der Waals surface area contributed by atoms with E-state index in [1.807, 2.05) is 0 Å². The highest BCUT2D eigenvalue weighted by molar-refractivity contribution is 7.89. The normalized spacial score (nSPS) is 11.7. The molecular weight excluding hydrogens is 166 g/mol. The van der Waals surface area contributed by atoms with E-state index in [1.165, 1.54) is 6.20 Å². The molecule has 1 heterocycles. The number of hydrogen-bond acceptors (Lipinski definition) is 4. The summed E-state index contributed by atoms with van der Waals surface area (Å²) >= 11 is 0. The molecule has 1 aromatic rings. The van der Waals surface area contributed by atoms with Gasteiger partial charge in [-0.3, -0.25) is 0 Å². The Morgan fingerprint density at radius 1 is 1.73 bits per heavy atom. The van der Waals surface area contributed by atoms with Crippen molar-refractivity contribution >= 4 is 15.7 Å². The van der Waals surface area contributed by atoms with Crippen molar-refractivity contribution in [3.05, 3.63) is 12.0 Å². The highest BCUT2D eigenvalue weighted by Gasteiger charge is 2.06. The molecule has 1 aromatic heterocycles. The van der Waals surface area contributed by atoms with E-state index in [0.29, 0.717) is 11.6 Å². The second-order valence-electron chi connectivity index (χ2n) is 2.36. The van der Waals surface area contributed by atoms with Gasteiger partial charge in [-0.2, -0.15) is 0 Å². The van der Waals surface area contributed by atoms with E-state index < -0.39 is 9.84 Å². The lowest BCUT2D eigenvalue weighted by Crippen LogP contribution is -2.02. The molecule has 0 saturated heterocycles. The van der Waals surface area contributed by atoms with Gasteiger partial charge in [-0.15, -0.1) is 0 Å². The van der Waals surface area contributed by atoms with Crippen molar-refractivity contribution in [1.82, 2.24) is 9.97 Å². The Morgan fingerprint density at radius 3 is 2.73 bits per heavy atom. The van der Waals surface area contributed by atoms with Gasteiger partial charge in [0.1, 0.15) is 17.4 Å². The largest absolute Gasteiger partial charge is 0.384 e. The zero-order chi connectivity index (χ0) is 8.48. The highest BCUT2D eigenvalue weighted by Crippen LogP contribution is 2.01. The van der Waals surface area contributed by atoms with Gasteiger partial charge in [-0.1, -0.05) is 0 Å². The molecule has 1 rings (SSSR count). The molecule has 62 valence electrons. The van der Waals surface area contributed by atoms with Crippen molar-refractivity contribution in [3.8, 4) is 0 Å². The number of nitrogens with zero attached hydrogens (tertiary/aromatic N) is 1. The van der Waals surface area contributed by atoms with Crippen LogP contribution in [0.3, 0.4) is 0 Å². The van der Waals surface area contributed by atoms with Gasteiger partial charge in [0.25, 0.3) is 0 Å². The van der Waals surface area contributed by atoms with E-state index in [2.05, 4.69) is 9.97 Å². The Hall–Kier alpha value is -1.04. The smallest absolute Gasteiger partial charge is 0.154 e. The van der Waals surface area contributed by atoms with Crippen LogP contribution in [0, 0.1) is 0 Å². The maximum absolute atomic E-state index is 10.7. The molecule has 3 N–H and O–H groups in total. The lowest BCUT2D eigenvalue weighted by atomic mass is 10.7. The average molecular weight is 175 g/mol. The molecule has 0 aliphatic heterocycles. The Morgan fingerprint density at radius 2 is 2.36 bits per heavy atom. The number of anilines is 1. The van der Waals surface area contributed by atoms with Crippen molar-refractivity contribution in [2.75, 3.05) is 12.0 Å². The van der Waals surface area contributed by atoms with Crippen LogP contribution in [0.15, 0.2) is 6.20 Å². The minimum atomic E-state index is -3.01. The third-order valence-electron chi connectivity index (χ3n) is 1.05. The number of nitrogens with two attached hydrogens (primary N) is 1. The minimum absolute atomic E-state index is 0.0931. The Balaban J connectivity index is 2.81. The van der Waals surface area contributed by atoms with Gasteiger partial charge in [-0.25, -0.2) is 13.4 Å². The van der Waals surface area contributed by atoms with Crippen LogP contribution in [0.2, 0.25) is 0 Å². The summed E-state index contributed by atoms with van der Waals surface area (Å²) < 4.78 is 21.4. The molecule has 0 spiro atoms. The summed E-state index contributed by atoms with van der Waals surface area (Å²) in [5.74, 6) is 0.665. The fraction of sp³-hybridized carbons (Fsp3) is 0.400. The fourth-order valence-corrected chi connectivity index (χ4v) is 1.34.